The highest BCUT2D eigenvalue weighted by Crippen LogP contribution is 2.25. The summed E-state index contributed by atoms with van der Waals surface area (Å²) in [5, 5.41) is 4.97. The van der Waals surface area contributed by atoms with Crippen LogP contribution in [0.15, 0.2) is 80.8 Å². The quantitative estimate of drug-likeness (QED) is 0.443. The zero-order valence-corrected chi connectivity index (χ0v) is 17.8. The highest BCUT2D eigenvalue weighted by molar-refractivity contribution is 6.30. The average molecular weight is 445 g/mol. The molecule has 0 aliphatic rings. The third-order valence-corrected chi connectivity index (χ3v) is 5.43. The Hall–Kier alpha value is -3.97. The number of aromatic nitrogens is 4. The lowest BCUT2D eigenvalue weighted by atomic mass is 10.1. The van der Waals surface area contributed by atoms with E-state index in [0.29, 0.717) is 27.3 Å². The van der Waals surface area contributed by atoms with Crippen LogP contribution in [0.4, 0.5) is 0 Å². The topological polar surface area (TPSA) is 93.8 Å². The molecule has 0 saturated carbocycles. The molecule has 0 aliphatic carbocycles. The van der Waals surface area contributed by atoms with E-state index in [-0.39, 0.29) is 18.0 Å². The second-order valence-corrected chi connectivity index (χ2v) is 7.94. The molecule has 5 rings (SSSR count). The Balaban J connectivity index is 1.52. The molecule has 158 valence electrons. The Morgan fingerprint density at radius 1 is 1.00 bits per heavy atom. The van der Waals surface area contributed by atoms with Crippen molar-refractivity contribution in [2.75, 3.05) is 0 Å². The number of halogens is 1. The zero-order valence-electron chi connectivity index (χ0n) is 17.0. The predicted molar refractivity (Wildman–Crippen MR) is 123 cm³/mol. The number of H-pyrrole nitrogens is 1. The van der Waals surface area contributed by atoms with Crippen molar-refractivity contribution >= 4 is 22.5 Å². The third kappa shape index (κ3) is 3.74. The highest BCUT2D eigenvalue weighted by Gasteiger charge is 2.14. The molecule has 0 radical (unpaired) electrons. The molecule has 5 aromatic rings. The lowest BCUT2D eigenvalue weighted by molar-refractivity contribution is 0.432. The molecule has 0 unspecified atom stereocenters. The van der Waals surface area contributed by atoms with Gasteiger partial charge in [-0.1, -0.05) is 58.7 Å². The Morgan fingerprint density at radius 3 is 2.59 bits per heavy atom. The summed E-state index contributed by atoms with van der Waals surface area (Å²) < 4.78 is 6.58. The summed E-state index contributed by atoms with van der Waals surface area (Å²) in [7, 11) is 0. The van der Waals surface area contributed by atoms with Crippen molar-refractivity contribution < 1.29 is 4.52 Å². The third-order valence-electron chi connectivity index (χ3n) is 5.20. The van der Waals surface area contributed by atoms with E-state index in [1.54, 1.807) is 36.4 Å². The molecule has 0 spiro atoms. The van der Waals surface area contributed by atoms with Gasteiger partial charge in [-0.2, -0.15) is 4.98 Å². The summed E-state index contributed by atoms with van der Waals surface area (Å²) in [6, 6.07) is 19.9. The minimum absolute atomic E-state index is 0.193. The first-order valence-corrected chi connectivity index (χ1v) is 10.3. The number of benzene rings is 3. The number of hydrogen-bond acceptors (Lipinski definition) is 5. The molecular weight excluding hydrogens is 428 g/mol. The zero-order chi connectivity index (χ0) is 22.2. The van der Waals surface area contributed by atoms with Crippen molar-refractivity contribution in [3.63, 3.8) is 0 Å². The molecule has 2 aromatic heterocycles. The summed E-state index contributed by atoms with van der Waals surface area (Å²) in [6.07, 6.45) is 0. The van der Waals surface area contributed by atoms with Gasteiger partial charge in [-0.05, 0) is 42.8 Å². The Kier molecular flexibility index (Phi) is 4.95. The Morgan fingerprint density at radius 2 is 1.81 bits per heavy atom. The molecule has 0 amide bonds. The van der Waals surface area contributed by atoms with E-state index in [9.17, 15) is 9.59 Å². The van der Waals surface area contributed by atoms with E-state index in [1.807, 2.05) is 37.3 Å². The average Bonchev–Trinajstić information content (AvgIpc) is 3.28. The largest absolute Gasteiger partial charge is 0.334 e. The van der Waals surface area contributed by atoms with Gasteiger partial charge in [0.15, 0.2) is 0 Å². The maximum absolute atomic E-state index is 13.0. The summed E-state index contributed by atoms with van der Waals surface area (Å²) in [5.41, 5.74) is 2.86. The first-order valence-electron chi connectivity index (χ1n) is 9.90. The fraction of sp³-hybridized carbons (Fsp3) is 0.0833. The van der Waals surface area contributed by atoms with Crippen LogP contribution in [0, 0.1) is 6.92 Å². The normalized spacial score (nSPS) is 11.2. The van der Waals surface area contributed by atoms with Crippen molar-refractivity contribution in [1.82, 2.24) is 19.7 Å². The molecular formula is C24H17ClN4O3. The fourth-order valence-corrected chi connectivity index (χ4v) is 3.68. The van der Waals surface area contributed by atoms with Crippen LogP contribution in [0.1, 0.15) is 11.1 Å². The van der Waals surface area contributed by atoms with Crippen LogP contribution in [-0.4, -0.2) is 19.7 Å². The van der Waals surface area contributed by atoms with Gasteiger partial charge in [0.05, 0.1) is 17.4 Å². The monoisotopic (exact) mass is 444 g/mol. The van der Waals surface area contributed by atoms with Gasteiger partial charge in [-0.25, -0.2) is 4.79 Å². The number of fused-ring (bicyclic) bond motifs is 1. The van der Waals surface area contributed by atoms with Gasteiger partial charge in [0, 0.05) is 16.1 Å². The number of rotatable bonds is 4. The van der Waals surface area contributed by atoms with Gasteiger partial charge in [0.2, 0.25) is 5.82 Å². The summed E-state index contributed by atoms with van der Waals surface area (Å²) in [6.45, 7) is 2.18. The van der Waals surface area contributed by atoms with Crippen LogP contribution in [0.3, 0.4) is 0 Å². The lowest BCUT2D eigenvalue weighted by Crippen LogP contribution is -2.35. The van der Waals surface area contributed by atoms with Crippen LogP contribution in [-0.2, 0) is 6.54 Å². The number of nitrogens with one attached hydrogen (secondary N) is 1. The minimum Gasteiger partial charge on any atom is -0.334 e. The predicted octanol–water partition coefficient (Wildman–Crippen LogP) is 4.42. The molecule has 0 atom stereocenters. The molecule has 7 nitrogen and oxygen atoms in total. The fourth-order valence-electron chi connectivity index (χ4n) is 3.49. The summed E-state index contributed by atoms with van der Waals surface area (Å²) >= 11 is 6.03. The van der Waals surface area contributed by atoms with Crippen LogP contribution < -0.4 is 11.2 Å². The number of nitrogens with zero attached hydrogens (tertiary/aromatic N) is 3. The second-order valence-electron chi connectivity index (χ2n) is 7.50. The van der Waals surface area contributed by atoms with Gasteiger partial charge in [0.25, 0.3) is 11.4 Å². The van der Waals surface area contributed by atoms with E-state index >= 15 is 0 Å². The second kappa shape index (κ2) is 7.94. The van der Waals surface area contributed by atoms with Crippen molar-refractivity contribution in [1.29, 1.82) is 0 Å². The molecule has 0 bridgehead atoms. The number of aromatic amines is 1. The smallest absolute Gasteiger partial charge is 0.329 e. The van der Waals surface area contributed by atoms with Crippen LogP contribution >= 0.6 is 11.6 Å². The standard InChI is InChI=1S/C24H17ClN4O3/c1-14-5-7-15(8-6-14)13-29-23(30)19-10-9-17(12-20(19)26-24(29)31)22-27-21(28-32-22)16-3-2-4-18(25)11-16/h2-12H,13H2,1H3,(H,26,31). The molecule has 0 fully saturated rings. The summed E-state index contributed by atoms with van der Waals surface area (Å²) in [5.74, 6) is 0.663. The lowest BCUT2D eigenvalue weighted by Gasteiger charge is -2.07. The van der Waals surface area contributed by atoms with Gasteiger partial charge >= 0.3 is 5.69 Å². The first-order chi connectivity index (χ1) is 15.5. The molecule has 8 heteroatoms. The Labute approximate surface area is 186 Å². The SMILES string of the molecule is Cc1ccc(Cn2c(=O)[nH]c3cc(-c4nc(-c5cccc(Cl)c5)no4)ccc3c2=O)cc1. The van der Waals surface area contributed by atoms with Crippen molar-refractivity contribution in [3.8, 4) is 22.8 Å². The minimum atomic E-state index is -0.481. The number of hydrogen-bond donors (Lipinski definition) is 1. The van der Waals surface area contributed by atoms with Gasteiger partial charge in [-0.15, -0.1) is 0 Å². The van der Waals surface area contributed by atoms with Crippen LogP contribution in [0.5, 0.6) is 0 Å². The molecule has 0 saturated heterocycles. The van der Waals surface area contributed by atoms with E-state index in [0.717, 1.165) is 16.7 Å². The van der Waals surface area contributed by atoms with E-state index in [1.165, 1.54) is 4.57 Å². The van der Waals surface area contributed by atoms with Gasteiger partial charge in [-0.3, -0.25) is 9.36 Å². The summed E-state index contributed by atoms with van der Waals surface area (Å²) in [4.78, 5) is 32.8. The molecule has 0 aliphatic heterocycles. The Bertz CT molecular complexity index is 1570. The van der Waals surface area contributed by atoms with Crippen LogP contribution in [0.25, 0.3) is 33.7 Å². The van der Waals surface area contributed by atoms with E-state index in [4.69, 9.17) is 16.1 Å². The maximum atomic E-state index is 13.0. The molecule has 1 N–H and O–H groups in total. The molecule has 2 heterocycles. The van der Waals surface area contributed by atoms with Crippen LogP contribution in [0.2, 0.25) is 5.02 Å². The first kappa shape index (κ1) is 20.0. The highest BCUT2D eigenvalue weighted by atomic mass is 35.5. The molecule has 32 heavy (non-hydrogen) atoms. The van der Waals surface area contributed by atoms with Crippen molar-refractivity contribution in [2.24, 2.45) is 0 Å². The molecule has 3 aromatic carbocycles. The number of aryl methyl sites for hydroxylation is 1. The van der Waals surface area contributed by atoms with Gasteiger partial charge < -0.3 is 9.51 Å². The maximum Gasteiger partial charge on any atom is 0.329 e. The van der Waals surface area contributed by atoms with E-state index in [2.05, 4.69) is 15.1 Å². The van der Waals surface area contributed by atoms with E-state index < -0.39 is 5.69 Å². The van der Waals surface area contributed by atoms with Crippen molar-refractivity contribution in [3.05, 3.63) is 104 Å². The van der Waals surface area contributed by atoms with Crippen molar-refractivity contribution in [2.45, 2.75) is 13.5 Å². The van der Waals surface area contributed by atoms with Gasteiger partial charge in [0.1, 0.15) is 0 Å².